The number of ether oxygens (including phenoxy) is 1. The molecule has 1 rings (SSSR count). The maximum atomic E-state index is 11.6. The lowest BCUT2D eigenvalue weighted by Crippen LogP contribution is -2.27. The summed E-state index contributed by atoms with van der Waals surface area (Å²) in [7, 11) is 0. The van der Waals surface area contributed by atoms with Crippen molar-refractivity contribution in [2.75, 3.05) is 13.2 Å². The van der Waals surface area contributed by atoms with Crippen molar-refractivity contribution in [3.63, 3.8) is 0 Å². The number of hydrogen-bond acceptors (Lipinski definition) is 4. The van der Waals surface area contributed by atoms with Crippen molar-refractivity contribution in [1.29, 1.82) is 5.26 Å². The van der Waals surface area contributed by atoms with E-state index in [-0.39, 0.29) is 30.2 Å². The molecule has 0 fully saturated rings. The fourth-order valence-electron chi connectivity index (χ4n) is 1.20. The first-order valence-electron chi connectivity index (χ1n) is 5.30. The first-order valence-corrected chi connectivity index (χ1v) is 6.06. The van der Waals surface area contributed by atoms with E-state index in [1.165, 1.54) is 18.2 Å². The number of carbonyl (C=O) groups excluding carboxylic acids is 2. The van der Waals surface area contributed by atoms with Crippen LogP contribution in [0.25, 0.3) is 0 Å². The van der Waals surface area contributed by atoms with Gasteiger partial charge in [-0.2, -0.15) is 5.26 Å². The minimum atomic E-state index is -0.601. The van der Waals surface area contributed by atoms with E-state index in [1.54, 1.807) is 6.07 Å². The first-order chi connectivity index (χ1) is 9.04. The van der Waals surface area contributed by atoms with Crippen LogP contribution in [0.4, 0.5) is 0 Å². The minimum absolute atomic E-state index is 0.00500. The fourth-order valence-corrected chi connectivity index (χ4v) is 1.69. The highest BCUT2D eigenvalue weighted by atomic mass is 35.5. The third-order valence-electron chi connectivity index (χ3n) is 2.05. The molecule has 0 atom stereocenters. The normalized spacial score (nSPS) is 9.53. The zero-order valence-corrected chi connectivity index (χ0v) is 11.3. The molecule has 0 aliphatic rings. The third-order valence-corrected chi connectivity index (χ3v) is 2.60. The van der Waals surface area contributed by atoms with Crippen LogP contribution >= 0.6 is 23.2 Å². The summed E-state index contributed by atoms with van der Waals surface area (Å²) in [5.41, 5.74) is 0.203. The maximum Gasteiger partial charge on any atom is 0.339 e. The number of amides is 1. The lowest BCUT2D eigenvalue weighted by Gasteiger charge is -2.07. The summed E-state index contributed by atoms with van der Waals surface area (Å²) in [5.74, 6) is -1.01. The molecule has 1 aromatic carbocycles. The molecule has 19 heavy (non-hydrogen) atoms. The van der Waals surface area contributed by atoms with E-state index >= 15 is 0 Å². The second-order valence-electron chi connectivity index (χ2n) is 3.44. The molecule has 7 heteroatoms. The zero-order valence-electron chi connectivity index (χ0n) is 9.78. The van der Waals surface area contributed by atoms with Crippen LogP contribution in [0.15, 0.2) is 18.2 Å². The predicted molar refractivity (Wildman–Crippen MR) is 70.0 cm³/mol. The van der Waals surface area contributed by atoms with Crippen LogP contribution in [-0.2, 0) is 9.53 Å². The van der Waals surface area contributed by atoms with E-state index in [1.807, 2.05) is 0 Å². The van der Waals surface area contributed by atoms with Crippen LogP contribution in [0.2, 0.25) is 10.0 Å². The van der Waals surface area contributed by atoms with Crippen molar-refractivity contribution in [1.82, 2.24) is 5.32 Å². The molecule has 1 amide bonds. The van der Waals surface area contributed by atoms with Crippen molar-refractivity contribution in [2.45, 2.75) is 6.42 Å². The van der Waals surface area contributed by atoms with Crippen LogP contribution in [0.1, 0.15) is 16.8 Å². The predicted octanol–water partition coefficient (Wildman–Crippen LogP) is 2.18. The molecule has 1 aromatic rings. The Balaban J connectivity index is 2.40. The molecule has 0 aromatic heterocycles. The number of nitrogens with one attached hydrogen (secondary N) is 1. The molecule has 0 aliphatic heterocycles. The summed E-state index contributed by atoms with van der Waals surface area (Å²) in [4.78, 5) is 22.6. The summed E-state index contributed by atoms with van der Waals surface area (Å²) in [5, 5.41) is 11.3. The van der Waals surface area contributed by atoms with Gasteiger partial charge in [0.05, 0.1) is 23.2 Å². The standard InChI is InChI=1S/C12H10Cl2N2O3/c13-8-1-2-9(10(14)7-8)12(18)19-6-5-16-11(17)3-4-15/h1-2,7H,3,5-6H2,(H,16,17). The van der Waals surface area contributed by atoms with Gasteiger partial charge in [-0.1, -0.05) is 23.2 Å². The summed E-state index contributed by atoms with van der Waals surface area (Å²) in [6.45, 7) is 0.131. The van der Waals surface area contributed by atoms with Gasteiger partial charge in [0.2, 0.25) is 5.91 Å². The molecule has 100 valence electrons. The van der Waals surface area contributed by atoms with E-state index < -0.39 is 11.9 Å². The molecule has 0 saturated heterocycles. The molecule has 0 bridgehead atoms. The summed E-state index contributed by atoms with van der Waals surface area (Å²) in [6.07, 6.45) is -0.225. The highest BCUT2D eigenvalue weighted by Crippen LogP contribution is 2.21. The van der Waals surface area contributed by atoms with E-state index in [0.717, 1.165) is 0 Å². The molecule has 0 heterocycles. The second kappa shape index (κ2) is 7.62. The number of nitrogens with zero attached hydrogens (tertiary/aromatic N) is 1. The first kappa shape index (κ1) is 15.3. The molecule has 1 N–H and O–H groups in total. The Hall–Kier alpha value is -1.77. The number of nitriles is 1. The Labute approximate surface area is 120 Å². The van der Waals surface area contributed by atoms with E-state index in [4.69, 9.17) is 33.2 Å². The summed E-state index contributed by atoms with van der Waals surface area (Å²) >= 11 is 11.5. The number of rotatable bonds is 5. The van der Waals surface area contributed by atoms with Gasteiger partial charge in [-0.05, 0) is 18.2 Å². The third kappa shape index (κ3) is 5.16. The Morgan fingerprint density at radius 2 is 2.11 bits per heavy atom. The molecule has 0 saturated carbocycles. The van der Waals surface area contributed by atoms with Crippen molar-refractivity contribution in [3.8, 4) is 6.07 Å². The van der Waals surface area contributed by atoms with Crippen LogP contribution in [-0.4, -0.2) is 25.0 Å². The van der Waals surface area contributed by atoms with Gasteiger partial charge in [0, 0.05) is 5.02 Å². The smallest absolute Gasteiger partial charge is 0.339 e. The van der Waals surface area contributed by atoms with Gasteiger partial charge >= 0.3 is 5.97 Å². The highest BCUT2D eigenvalue weighted by molar-refractivity contribution is 6.36. The van der Waals surface area contributed by atoms with Gasteiger partial charge < -0.3 is 10.1 Å². The summed E-state index contributed by atoms with van der Waals surface area (Å²) in [6, 6.07) is 6.13. The van der Waals surface area contributed by atoms with Crippen molar-refractivity contribution >= 4 is 35.1 Å². The fraction of sp³-hybridized carbons (Fsp3) is 0.250. The molecule has 0 spiro atoms. The number of benzene rings is 1. The Morgan fingerprint density at radius 1 is 1.37 bits per heavy atom. The van der Waals surface area contributed by atoms with Crippen LogP contribution in [0.3, 0.4) is 0 Å². The van der Waals surface area contributed by atoms with Gasteiger partial charge in [0.1, 0.15) is 13.0 Å². The van der Waals surface area contributed by atoms with Gasteiger partial charge in [-0.25, -0.2) is 4.79 Å². The molecular formula is C12H10Cl2N2O3. The second-order valence-corrected chi connectivity index (χ2v) is 4.29. The minimum Gasteiger partial charge on any atom is -0.460 e. The van der Waals surface area contributed by atoms with Gasteiger partial charge in [-0.3, -0.25) is 4.79 Å². The number of carbonyl (C=O) groups is 2. The number of halogens is 2. The Bertz CT molecular complexity index is 526. The number of hydrogen-bond donors (Lipinski definition) is 1. The monoisotopic (exact) mass is 300 g/mol. The van der Waals surface area contributed by atoms with Crippen molar-refractivity contribution in [2.24, 2.45) is 0 Å². The van der Waals surface area contributed by atoms with E-state index in [0.29, 0.717) is 5.02 Å². The SMILES string of the molecule is N#CCC(=O)NCCOC(=O)c1ccc(Cl)cc1Cl. The average Bonchev–Trinajstić information content (AvgIpc) is 2.34. The molecule has 0 unspecified atom stereocenters. The topological polar surface area (TPSA) is 79.2 Å². The van der Waals surface area contributed by atoms with E-state index in [2.05, 4.69) is 5.32 Å². The van der Waals surface area contributed by atoms with Crippen LogP contribution in [0.5, 0.6) is 0 Å². The summed E-state index contributed by atoms with van der Waals surface area (Å²) < 4.78 is 4.91. The molecule has 5 nitrogen and oxygen atoms in total. The van der Waals surface area contributed by atoms with E-state index in [9.17, 15) is 9.59 Å². The lowest BCUT2D eigenvalue weighted by molar-refractivity contribution is -0.120. The van der Waals surface area contributed by atoms with Crippen molar-refractivity contribution in [3.05, 3.63) is 33.8 Å². The lowest BCUT2D eigenvalue weighted by atomic mass is 10.2. The maximum absolute atomic E-state index is 11.6. The quantitative estimate of drug-likeness (QED) is 0.668. The number of esters is 1. The van der Waals surface area contributed by atoms with Gasteiger partial charge in [-0.15, -0.1) is 0 Å². The molecule has 0 aliphatic carbocycles. The van der Waals surface area contributed by atoms with Gasteiger partial charge in [0.15, 0.2) is 0 Å². The zero-order chi connectivity index (χ0) is 14.3. The molecular weight excluding hydrogens is 291 g/mol. The highest BCUT2D eigenvalue weighted by Gasteiger charge is 2.12. The van der Waals surface area contributed by atoms with Crippen LogP contribution in [0, 0.1) is 11.3 Å². The molecule has 0 radical (unpaired) electrons. The largest absolute Gasteiger partial charge is 0.460 e. The average molecular weight is 301 g/mol. The Kier molecular flexibility index (Phi) is 6.13. The van der Waals surface area contributed by atoms with Crippen molar-refractivity contribution < 1.29 is 14.3 Å². The van der Waals surface area contributed by atoms with Crippen LogP contribution < -0.4 is 5.32 Å². The van der Waals surface area contributed by atoms with Gasteiger partial charge in [0.25, 0.3) is 0 Å². The Morgan fingerprint density at radius 3 is 2.74 bits per heavy atom.